The van der Waals surface area contributed by atoms with E-state index < -0.39 is 10.0 Å². The predicted molar refractivity (Wildman–Crippen MR) is 84.7 cm³/mol. The van der Waals surface area contributed by atoms with Crippen LogP contribution in [0.4, 0.5) is 0 Å². The Balaban J connectivity index is 3.21. The Kier molecular flexibility index (Phi) is 6.58. The molecule has 9 heteroatoms. The summed E-state index contributed by atoms with van der Waals surface area (Å²) in [4.78, 5) is 16.9. The van der Waals surface area contributed by atoms with Gasteiger partial charge in [0.05, 0.1) is 6.54 Å². The molecule has 0 fully saturated rings. The molecule has 0 aliphatic carbocycles. The molecule has 0 atom stereocenters. The van der Waals surface area contributed by atoms with Crippen LogP contribution in [0.25, 0.3) is 0 Å². The van der Waals surface area contributed by atoms with Crippen molar-refractivity contribution in [2.45, 2.75) is 18.2 Å². The summed E-state index contributed by atoms with van der Waals surface area (Å²) in [7, 11) is -0.731. The van der Waals surface area contributed by atoms with Crippen molar-refractivity contribution in [1.82, 2.24) is 14.2 Å². The van der Waals surface area contributed by atoms with Gasteiger partial charge in [-0.25, -0.2) is 13.4 Å². The number of aromatic nitrogens is 1. The van der Waals surface area contributed by atoms with Crippen molar-refractivity contribution in [1.29, 1.82) is 0 Å². The summed E-state index contributed by atoms with van der Waals surface area (Å²) >= 11 is 9.06. The van der Waals surface area contributed by atoms with E-state index in [-0.39, 0.29) is 29.0 Å². The van der Waals surface area contributed by atoms with Crippen molar-refractivity contribution in [2.24, 2.45) is 0 Å². The van der Waals surface area contributed by atoms with Crippen LogP contribution in [0.3, 0.4) is 0 Å². The Morgan fingerprint density at radius 3 is 2.57 bits per heavy atom. The minimum atomic E-state index is -3.88. The highest BCUT2D eigenvalue weighted by molar-refractivity contribution is 9.10. The molecule has 0 unspecified atom stereocenters. The summed E-state index contributed by atoms with van der Waals surface area (Å²) < 4.78 is 26.9. The molecule has 1 aromatic heterocycles. The van der Waals surface area contributed by atoms with E-state index in [4.69, 9.17) is 11.6 Å². The lowest BCUT2D eigenvalue weighted by atomic mass is 10.4. The molecule has 0 N–H and O–H groups in total. The summed E-state index contributed by atoms with van der Waals surface area (Å²) in [5.74, 6) is -0.300. The number of carbonyl (C=O) groups is 1. The summed E-state index contributed by atoms with van der Waals surface area (Å²) in [6.45, 7) is 1.83. The van der Waals surface area contributed by atoms with Crippen molar-refractivity contribution in [3.8, 4) is 0 Å². The van der Waals surface area contributed by atoms with Crippen LogP contribution in [0.15, 0.2) is 21.6 Å². The fourth-order valence-electron chi connectivity index (χ4n) is 1.55. The highest BCUT2D eigenvalue weighted by Crippen LogP contribution is 2.26. The van der Waals surface area contributed by atoms with E-state index in [0.29, 0.717) is 10.9 Å². The van der Waals surface area contributed by atoms with Crippen LogP contribution >= 0.6 is 27.5 Å². The number of sulfonamides is 1. The quantitative estimate of drug-likeness (QED) is 0.687. The van der Waals surface area contributed by atoms with Crippen molar-refractivity contribution in [3.63, 3.8) is 0 Å². The summed E-state index contributed by atoms with van der Waals surface area (Å²) in [6, 6.07) is 1.38. The molecule has 0 saturated carbocycles. The molecular formula is C12H17BrClN3O3S. The molecule has 0 aliphatic rings. The summed E-state index contributed by atoms with van der Waals surface area (Å²) in [5, 5.41) is -0.114. The molecule has 6 nitrogen and oxygen atoms in total. The van der Waals surface area contributed by atoms with Crippen molar-refractivity contribution >= 4 is 43.5 Å². The number of carbonyl (C=O) groups excluding carboxylic acids is 1. The molecule has 1 amide bonds. The van der Waals surface area contributed by atoms with E-state index in [1.54, 1.807) is 14.1 Å². The fourth-order valence-corrected chi connectivity index (χ4v) is 3.95. The Bertz CT molecular complexity index is 622. The predicted octanol–water partition coefficient (Wildman–Crippen LogP) is 1.99. The Hall–Kier alpha value is -0.700. The Labute approximate surface area is 138 Å². The molecule has 1 rings (SSSR count). The van der Waals surface area contributed by atoms with Gasteiger partial charge in [-0.3, -0.25) is 4.79 Å². The van der Waals surface area contributed by atoms with Gasteiger partial charge in [0.15, 0.2) is 0 Å². The van der Waals surface area contributed by atoms with Crippen molar-refractivity contribution in [3.05, 3.63) is 21.9 Å². The number of nitrogens with zero attached hydrogens (tertiary/aromatic N) is 3. The number of likely N-dealkylation sites (N-methyl/N-ethyl adjacent to an activating group) is 1. The smallest absolute Gasteiger partial charge is 0.246 e. The lowest BCUT2D eigenvalue weighted by Gasteiger charge is -2.23. The van der Waals surface area contributed by atoms with Crippen LogP contribution in [-0.2, 0) is 14.8 Å². The molecule has 1 aromatic rings. The molecule has 0 spiro atoms. The first kappa shape index (κ1) is 18.3. The summed E-state index contributed by atoms with van der Waals surface area (Å²) in [6.07, 6.45) is 2.00. The van der Waals surface area contributed by atoms with Gasteiger partial charge in [0.2, 0.25) is 15.9 Å². The molecule has 1 heterocycles. The SMILES string of the molecule is CCCN(CC(=O)N(C)C)S(=O)(=O)c1cc(Br)cnc1Cl. The summed E-state index contributed by atoms with van der Waals surface area (Å²) in [5.41, 5.74) is 0. The third kappa shape index (κ3) is 4.64. The number of rotatable bonds is 6. The lowest BCUT2D eigenvalue weighted by molar-refractivity contribution is -0.128. The second-order valence-corrected chi connectivity index (χ2v) is 7.75. The van der Waals surface area contributed by atoms with Crippen LogP contribution in [0.5, 0.6) is 0 Å². The van der Waals surface area contributed by atoms with Gasteiger partial charge in [0.25, 0.3) is 0 Å². The largest absolute Gasteiger partial charge is 0.348 e. The number of hydrogen-bond donors (Lipinski definition) is 0. The first-order valence-corrected chi connectivity index (χ1v) is 8.82. The van der Waals surface area contributed by atoms with Gasteiger partial charge in [0, 0.05) is 31.3 Å². The molecule has 0 bridgehead atoms. The molecule has 0 aromatic carbocycles. The minimum Gasteiger partial charge on any atom is -0.348 e. The average Bonchev–Trinajstić information content (AvgIpc) is 2.40. The van der Waals surface area contributed by atoms with E-state index in [1.165, 1.54) is 17.2 Å². The van der Waals surface area contributed by atoms with Gasteiger partial charge < -0.3 is 4.90 Å². The van der Waals surface area contributed by atoms with E-state index in [9.17, 15) is 13.2 Å². The third-order valence-corrected chi connectivity index (χ3v) is 5.38. The second-order valence-electron chi connectivity index (χ2n) is 4.57. The highest BCUT2D eigenvalue weighted by atomic mass is 79.9. The maximum absolute atomic E-state index is 12.7. The monoisotopic (exact) mass is 397 g/mol. The fraction of sp³-hybridized carbons (Fsp3) is 0.500. The zero-order valence-electron chi connectivity index (χ0n) is 12.0. The second kappa shape index (κ2) is 7.53. The van der Waals surface area contributed by atoms with Crippen molar-refractivity contribution in [2.75, 3.05) is 27.2 Å². The van der Waals surface area contributed by atoms with E-state index >= 15 is 0 Å². The lowest BCUT2D eigenvalue weighted by Crippen LogP contribution is -2.40. The van der Waals surface area contributed by atoms with E-state index in [2.05, 4.69) is 20.9 Å². The molecule has 118 valence electrons. The first-order valence-electron chi connectivity index (χ1n) is 6.21. The van der Waals surface area contributed by atoms with Crippen LogP contribution in [0.2, 0.25) is 5.15 Å². The third-order valence-electron chi connectivity index (χ3n) is 2.67. The van der Waals surface area contributed by atoms with Crippen LogP contribution in [-0.4, -0.2) is 55.7 Å². The van der Waals surface area contributed by atoms with Gasteiger partial charge in [0.1, 0.15) is 10.0 Å². The van der Waals surface area contributed by atoms with Gasteiger partial charge in [-0.1, -0.05) is 18.5 Å². The van der Waals surface area contributed by atoms with E-state index in [1.807, 2.05) is 6.92 Å². The maximum atomic E-state index is 12.7. The van der Waals surface area contributed by atoms with Gasteiger partial charge in [-0.05, 0) is 28.4 Å². The number of hydrogen-bond acceptors (Lipinski definition) is 4. The molecule has 21 heavy (non-hydrogen) atoms. The maximum Gasteiger partial charge on any atom is 0.246 e. The van der Waals surface area contributed by atoms with Crippen LogP contribution < -0.4 is 0 Å². The van der Waals surface area contributed by atoms with Gasteiger partial charge >= 0.3 is 0 Å². The Morgan fingerprint density at radius 1 is 1.43 bits per heavy atom. The van der Waals surface area contributed by atoms with Crippen molar-refractivity contribution < 1.29 is 13.2 Å². The zero-order chi connectivity index (χ0) is 16.2. The number of amides is 1. The first-order chi connectivity index (χ1) is 9.70. The normalized spacial score (nSPS) is 11.7. The highest BCUT2D eigenvalue weighted by Gasteiger charge is 2.29. The molecule has 0 aliphatic heterocycles. The average molecular weight is 399 g/mol. The molecular weight excluding hydrogens is 382 g/mol. The van der Waals surface area contributed by atoms with E-state index in [0.717, 1.165) is 4.31 Å². The number of halogens is 2. The molecule has 0 saturated heterocycles. The standard InChI is InChI=1S/C12H17BrClN3O3S/c1-4-5-17(8-11(18)16(2)3)21(19,20)10-6-9(13)7-15-12(10)14/h6-7H,4-5,8H2,1-3H3. The number of pyridine rings is 1. The Morgan fingerprint density at radius 2 is 2.05 bits per heavy atom. The zero-order valence-corrected chi connectivity index (χ0v) is 15.2. The minimum absolute atomic E-state index is 0.112. The van der Waals surface area contributed by atoms with Crippen LogP contribution in [0.1, 0.15) is 13.3 Å². The molecule has 0 radical (unpaired) electrons. The topological polar surface area (TPSA) is 70.6 Å². The van der Waals surface area contributed by atoms with Crippen LogP contribution in [0, 0.1) is 0 Å². The van der Waals surface area contributed by atoms with Gasteiger partial charge in [-0.15, -0.1) is 0 Å². The van der Waals surface area contributed by atoms with Gasteiger partial charge in [-0.2, -0.15) is 4.31 Å².